The maximum Gasteiger partial charge on any atom is 0.254 e. The van der Waals surface area contributed by atoms with E-state index in [1.807, 2.05) is 74.5 Å². The predicted octanol–water partition coefficient (Wildman–Crippen LogP) is 3.44. The van der Waals surface area contributed by atoms with Crippen LogP contribution in [-0.2, 0) is 22.4 Å². The van der Waals surface area contributed by atoms with E-state index in [1.165, 1.54) is 22.7 Å². The van der Waals surface area contributed by atoms with Crippen molar-refractivity contribution in [3.63, 3.8) is 0 Å². The van der Waals surface area contributed by atoms with Crippen molar-refractivity contribution in [2.45, 2.75) is 56.5 Å². The van der Waals surface area contributed by atoms with Crippen LogP contribution >= 0.6 is 11.8 Å². The maximum absolute atomic E-state index is 13.8. The van der Waals surface area contributed by atoms with E-state index in [-0.39, 0.29) is 29.5 Å². The number of thioether (sulfide) groups is 1. The summed E-state index contributed by atoms with van der Waals surface area (Å²) in [5.41, 5.74) is 2.56. The quantitative estimate of drug-likeness (QED) is 0.294. The Kier molecular flexibility index (Phi) is 9.73. The number of carbonyl (C=O) groups is 3. The van der Waals surface area contributed by atoms with Crippen molar-refractivity contribution in [3.8, 4) is 5.75 Å². The molecule has 3 amide bonds. The minimum atomic E-state index is -1.61. The Morgan fingerprint density at radius 1 is 0.976 bits per heavy atom. The number of aliphatic hydroxyl groups is 1. The van der Waals surface area contributed by atoms with Gasteiger partial charge in [0.05, 0.1) is 11.9 Å². The van der Waals surface area contributed by atoms with Gasteiger partial charge in [-0.2, -0.15) is 0 Å². The van der Waals surface area contributed by atoms with Crippen LogP contribution in [0.3, 0.4) is 0 Å². The first kappa shape index (κ1) is 30.1. The lowest BCUT2D eigenvalue weighted by Crippen LogP contribution is -2.58. The number of nitrogens with one attached hydrogen (secondary N) is 2. The number of phenolic OH excluding ortho intramolecular Hbond substituents is 1. The van der Waals surface area contributed by atoms with Crippen molar-refractivity contribution in [2.24, 2.45) is 0 Å². The van der Waals surface area contributed by atoms with Crippen molar-refractivity contribution in [3.05, 3.63) is 101 Å². The van der Waals surface area contributed by atoms with Crippen molar-refractivity contribution < 1.29 is 24.6 Å². The second-order valence-electron chi connectivity index (χ2n) is 10.8. The van der Waals surface area contributed by atoms with Gasteiger partial charge in [0.2, 0.25) is 5.91 Å². The number of rotatable bonds is 10. The molecule has 3 aromatic carbocycles. The maximum atomic E-state index is 13.8. The second kappa shape index (κ2) is 13.2. The number of hydrogen-bond donors (Lipinski definition) is 4. The molecule has 1 heterocycles. The zero-order valence-corrected chi connectivity index (χ0v) is 24.4. The Morgan fingerprint density at radius 2 is 1.61 bits per heavy atom. The predicted molar refractivity (Wildman–Crippen MR) is 161 cm³/mol. The molecule has 216 valence electrons. The van der Waals surface area contributed by atoms with Gasteiger partial charge < -0.3 is 25.7 Å². The third kappa shape index (κ3) is 7.28. The molecule has 0 saturated carbocycles. The average molecular weight is 576 g/mol. The zero-order valence-electron chi connectivity index (χ0n) is 23.5. The molecule has 8 nitrogen and oxygen atoms in total. The second-order valence-corrected chi connectivity index (χ2v) is 12.4. The van der Waals surface area contributed by atoms with Gasteiger partial charge in [-0.3, -0.25) is 14.4 Å². The third-order valence-corrected chi connectivity index (χ3v) is 8.81. The molecule has 41 heavy (non-hydrogen) atoms. The summed E-state index contributed by atoms with van der Waals surface area (Å²) in [6.45, 7) is 5.86. The SMILES string of the molecule is Cc1c(O)cccc1C(=O)NC(Cc1ccccc1)C(O)C(=O)N1CSC(C)(C)C1C(=O)NCCc1ccccc1. The van der Waals surface area contributed by atoms with Gasteiger partial charge >= 0.3 is 0 Å². The Morgan fingerprint density at radius 3 is 2.27 bits per heavy atom. The van der Waals surface area contributed by atoms with Crippen LogP contribution in [0.2, 0.25) is 0 Å². The van der Waals surface area contributed by atoms with Crippen LogP contribution in [-0.4, -0.2) is 68.2 Å². The van der Waals surface area contributed by atoms with E-state index in [2.05, 4.69) is 10.6 Å². The fourth-order valence-electron chi connectivity index (χ4n) is 5.05. The molecular weight excluding hydrogens is 538 g/mol. The van der Waals surface area contributed by atoms with Crippen molar-refractivity contribution in [1.29, 1.82) is 0 Å². The van der Waals surface area contributed by atoms with E-state index in [0.29, 0.717) is 18.5 Å². The van der Waals surface area contributed by atoms with E-state index >= 15 is 0 Å². The Labute approximate surface area is 245 Å². The molecule has 0 aromatic heterocycles. The molecule has 9 heteroatoms. The van der Waals surface area contributed by atoms with E-state index in [9.17, 15) is 24.6 Å². The summed E-state index contributed by atoms with van der Waals surface area (Å²) in [7, 11) is 0. The summed E-state index contributed by atoms with van der Waals surface area (Å²) >= 11 is 1.47. The molecule has 3 unspecified atom stereocenters. The minimum Gasteiger partial charge on any atom is -0.508 e. The fraction of sp³-hybridized carbons (Fsp3) is 0.344. The van der Waals surface area contributed by atoms with E-state index in [1.54, 1.807) is 19.1 Å². The van der Waals surface area contributed by atoms with Gasteiger partial charge in [-0.15, -0.1) is 11.8 Å². The Bertz CT molecular complexity index is 1370. The zero-order chi connectivity index (χ0) is 29.6. The first-order valence-electron chi connectivity index (χ1n) is 13.7. The van der Waals surface area contributed by atoms with E-state index in [4.69, 9.17) is 0 Å². The Hall–Kier alpha value is -3.82. The Balaban J connectivity index is 1.52. The van der Waals surface area contributed by atoms with Crippen LogP contribution in [0.4, 0.5) is 0 Å². The number of nitrogens with zero attached hydrogens (tertiary/aromatic N) is 1. The molecule has 3 atom stereocenters. The highest BCUT2D eigenvalue weighted by Crippen LogP contribution is 2.40. The lowest BCUT2D eigenvalue weighted by molar-refractivity contribution is -0.147. The number of aromatic hydroxyl groups is 1. The standard InChI is InChI=1S/C32H37N3O5S/c1-21-24(15-10-16-26(21)36)29(38)34-25(19-23-13-8-5-9-14-23)27(37)31(40)35-20-41-32(2,3)28(35)30(39)33-18-17-22-11-6-4-7-12-22/h4-16,25,27-28,36-37H,17-20H2,1-3H3,(H,33,39)(H,34,38). The van der Waals surface area contributed by atoms with Crippen LogP contribution in [0.5, 0.6) is 5.75 Å². The molecule has 0 aliphatic carbocycles. The molecule has 4 N–H and O–H groups in total. The first-order chi connectivity index (χ1) is 19.6. The first-order valence-corrected chi connectivity index (χ1v) is 14.6. The van der Waals surface area contributed by atoms with Crippen LogP contribution in [0.15, 0.2) is 78.9 Å². The van der Waals surface area contributed by atoms with Gasteiger partial charge in [0, 0.05) is 22.4 Å². The molecule has 0 radical (unpaired) electrons. The van der Waals surface area contributed by atoms with Gasteiger partial charge in [0.15, 0.2) is 6.10 Å². The summed E-state index contributed by atoms with van der Waals surface area (Å²) in [4.78, 5) is 41.9. The van der Waals surface area contributed by atoms with Crippen molar-refractivity contribution in [2.75, 3.05) is 12.4 Å². The van der Waals surface area contributed by atoms with Crippen LogP contribution in [0.25, 0.3) is 0 Å². The summed E-state index contributed by atoms with van der Waals surface area (Å²) in [5, 5.41) is 27.3. The van der Waals surface area contributed by atoms with Gasteiger partial charge in [-0.05, 0) is 56.9 Å². The molecule has 3 aromatic rings. The lowest BCUT2D eigenvalue weighted by atomic mass is 9.96. The van der Waals surface area contributed by atoms with Crippen molar-refractivity contribution >= 4 is 29.5 Å². The van der Waals surface area contributed by atoms with E-state index in [0.717, 1.165) is 11.1 Å². The smallest absolute Gasteiger partial charge is 0.254 e. The minimum absolute atomic E-state index is 0.0219. The highest BCUT2D eigenvalue weighted by molar-refractivity contribution is 8.00. The molecule has 1 saturated heterocycles. The van der Waals surface area contributed by atoms with Gasteiger partial charge in [-0.25, -0.2) is 0 Å². The summed E-state index contributed by atoms with van der Waals surface area (Å²) in [6, 6.07) is 21.9. The molecule has 0 bridgehead atoms. The van der Waals surface area contributed by atoms with Crippen LogP contribution in [0, 0.1) is 6.92 Å². The number of aliphatic hydroxyl groups excluding tert-OH is 1. The molecule has 1 aliphatic rings. The van der Waals surface area contributed by atoms with E-state index < -0.39 is 34.7 Å². The third-order valence-electron chi connectivity index (χ3n) is 7.43. The van der Waals surface area contributed by atoms with Gasteiger partial charge in [0.1, 0.15) is 11.8 Å². The highest BCUT2D eigenvalue weighted by Gasteiger charge is 2.49. The normalized spacial score (nSPS) is 17.5. The highest BCUT2D eigenvalue weighted by atomic mass is 32.2. The van der Waals surface area contributed by atoms with Crippen LogP contribution in [0.1, 0.15) is 40.9 Å². The van der Waals surface area contributed by atoms with Crippen LogP contribution < -0.4 is 10.6 Å². The molecular formula is C32H37N3O5S. The number of carbonyl (C=O) groups excluding carboxylic acids is 3. The summed E-state index contributed by atoms with van der Waals surface area (Å²) in [5.74, 6) is -1.21. The summed E-state index contributed by atoms with van der Waals surface area (Å²) in [6.07, 6.45) is -0.760. The topological polar surface area (TPSA) is 119 Å². The molecule has 4 rings (SSSR count). The van der Waals surface area contributed by atoms with Gasteiger partial charge in [-0.1, -0.05) is 66.7 Å². The van der Waals surface area contributed by atoms with Gasteiger partial charge in [0.25, 0.3) is 11.8 Å². The monoisotopic (exact) mass is 575 g/mol. The number of benzene rings is 3. The molecule has 1 aliphatic heterocycles. The largest absolute Gasteiger partial charge is 0.508 e. The number of phenols is 1. The average Bonchev–Trinajstić information content (AvgIpc) is 3.29. The number of hydrogen-bond acceptors (Lipinski definition) is 6. The molecule has 0 spiro atoms. The fourth-order valence-corrected chi connectivity index (χ4v) is 6.19. The summed E-state index contributed by atoms with van der Waals surface area (Å²) < 4.78 is -0.580. The lowest BCUT2D eigenvalue weighted by Gasteiger charge is -2.33. The van der Waals surface area contributed by atoms with Crippen molar-refractivity contribution in [1.82, 2.24) is 15.5 Å². The molecule has 1 fully saturated rings. The number of amides is 3.